The van der Waals surface area contributed by atoms with Gasteiger partial charge >= 0.3 is 0 Å². The molecule has 2 aliphatic rings. The van der Waals surface area contributed by atoms with Gasteiger partial charge in [-0.15, -0.1) is 0 Å². The van der Waals surface area contributed by atoms with E-state index in [1.165, 1.54) is 0 Å². The quantitative estimate of drug-likeness (QED) is 0.718. The fourth-order valence-electron chi connectivity index (χ4n) is 4.62. The van der Waals surface area contributed by atoms with Crippen molar-refractivity contribution in [1.29, 1.82) is 0 Å². The molecule has 0 atom stereocenters. The standard InChI is InChI=1S/C21H20N2O2/c1-25-13-6-7-14-16(12-13)21(8-10-22-11-9-21)20-18(19(14)24)15-4-2-3-5-17(15)23-20/h2-7,12,22-23H,8-11H2,1H3. The van der Waals surface area contributed by atoms with Crippen LogP contribution in [0.15, 0.2) is 42.5 Å². The van der Waals surface area contributed by atoms with Gasteiger partial charge in [0.05, 0.1) is 12.7 Å². The molecule has 2 heterocycles. The van der Waals surface area contributed by atoms with E-state index in [9.17, 15) is 4.79 Å². The molecule has 0 unspecified atom stereocenters. The molecule has 0 saturated carbocycles. The maximum Gasteiger partial charge on any atom is 0.195 e. The molecular formula is C21H20N2O2. The van der Waals surface area contributed by atoms with E-state index < -0.39 is 0 Å². The van der Waals surface area contributed by atoms with Gasteiger partial charge in [-0.2, -0.15) is 0 Å². The van der Waals surface area contributed by atoms with Crippen molar-refractivity contribution < 1.29 is 9.53 Å². The van der Waals surface area contributed by atoms with E-state index in [4.69, 9.17) is 4.74 Å². The third-order valence-corrected chi connectivity index (χ3v) is 5.86. The Bertz CT molecular complexity index is 996. The van der Waals surface area contributed by atoms with Crippen LogP contribution in [0, 0.1) is 0 Å². The predicted molar refractivity (Wildman–Crippen MR) is 97.6 cm³/mol. The molecule has 1 spiro atoms. The Morgan fingerprint density at radius 3 is 2.68 bits per heavy atom. The van der Waals surface area contributed by atoms with Gasteiger partial charge < -0.3 is 15.0 Å². The zero-order valence-electron chi connectivity index (χ0n) is 14.2. The number of H-pyrrole nitrogens is 1. The Balaban J connectivity index is 1.87. The lowest BCUT2D eigenvalue weighted by atomic mass is 9.64. The van der Waals surface area contributed by atoms with Gasteiger partial charge in [-0.25, -0.2) is 0 Å². The number of piperidine rings is 1. The fraction of sp³-hybridized carbons (Fsp3) is 0.286. The van der Waals surface area contributed by atoms with Crippen LogP contribution in [0.25, 0.3) is 10.9 Å². The molecule has 1 saturated heterocycles. The average molecular weight is 332 g/mol. The second-order valence-corrected chi connectivity index (χ2v) is 6.99. The monoisotopic (exact) mass is 332 g/mol. The fourth-order valence-corrected chi connectivity index (χ4v) is 4.62. The van der Waals surface area contributed by atoms with Crippen molar-refractivity contribution >= 4 is 16.7 Å². The Morgan fingerprint density at radius 2 is 1.88 bits per heavy atom. The molecule has 3 aromatic rings. The topological polar surface area (TPSA) is 54.1 Å². The van der Waals surface area contributed by atoms with E-state index in [1.807, 2.05) is 30.3 Å². The zero-order valence-corrected chi connectivity index (χ0v) is 14.2. The Labute approximate surface area is 146 Å². The Kier molecular flexibility index (Phi) is 3.06. The second kappa shape index (κ2) is 5.20. The number of benzene rings is 2. The van der Waals surface area contributed by atoms with E-state index in [1.54, 1.807) is 7.11 Å². The number of hydrogen-bond acceptors (Lipinski definition) is 3. The molecule has 4 heteroatoms. The molecule has 0 bridgehead atoms. The van der Waals surface area contributed by atoms with Crippen LogP contribution >= 0.6 is 0 Å². The van der Waals surface area contributed by atoms with Gasteiger partial charge in [0.15, 0.2) is 5.78 Å². The van der Waals surface area contributed by atoms with Gasteiger partial charge in [0.1, 0.15) is 5.75 Å². The molecule has 1 aromatic heterocycles. The molecule has 1 aliphatic carbocycles. The van der Waals surface area contributed by atoms with Crippen LogP contribution in [0.3, 0.4) is 0 Å². The molecule has 1 fully saturated rings. The lowest BCUT2D eigenvalue weighted by Crippen LogP contribution is -2.44. The number of aromatic amines is 1. The van der Waals surface area contributed by atoms with Crippen LogP contribution in [-0.2, 0) is 5.41 Å². The SMILES string of the molecule is COc1ccc2c(c1)C1(CCNCC1)c1[nH]c3ccccc3c1C2=O. The summed E-state index contributed by atoms with van der Waals surface area (Å²) in [5.41, 5.74) is 4.75. The van der Waals surface area contributed by atoms with Crippen LogP contribution in [0.4, 0.5) is 0 Å². The summed E-state index contributed by atoms with van der Waals surface area (Å²) in [4.78, 5) is 16.9. The zero-order chi connectivity index (χ0) is 17.0. The van der Waals surface area contributed by atoms with Crippen molar-refractivity contribution in [3.63, 3.8) is 0 Å². The van der Waals surface area contributed by atoms with E-state index in [0.29, 0.717) is 0 Å². The van der Waals surface area contributed by atoms with Crippen molar-refractivity contribution in [2.45, 2.75) is 18.3 Å². The maximum atomic E-state index is 13.3. The number of carbonyl (C=O) groups excluding carboxylic acids is 1. The number of aromatic nitrogens is 1. The summed E-state index contributed by atoms with van der Waals surface area (Å²) in [7, 11) is 1.68. The number of methoxy groups -OCH3 is 1. The molecule has 0 radical (unpaired) electrons. The summed E-state index contributed by atoms with van der Waals surface area (Å²) in [5.74, 6) is 0.929. The Hall–Kier alpha value is -2.59. The number of ether oxygens (including phenoxy) is 1. The summed E-state index contributed by atoms with van der Waals surface area (Å²) >= 11 is 0. The van der Waals surface area contributed by atoms with Gasteiger partial charge in [-0.3, -0.25) is 4.79 Å². The lowest BCUT2D eigenvalue weighted by molar-refractivity contribution is 0.102. The Morgan fingerprint density at radius 1 is 1.08 bits per heavy atom. The highest BCUT2D eigenvalue weighted by atomic mass is 16.5. The average Bonchev–Trinajstić information content (AvgIpc) is 3.07. The molecule has 4 nitrogen and oxygen atoms in total. The molecule has 25 heavy (non-hydrogen) atoms. The van der Waals surface area contributed by atoms with Gasteiger partial charge in [-0.05, 0) is 55.8 Å². The smallest absolute Gasteiger partial charge is 0.195 e. The summed E-state index contributed by atoms with van der Waals surface area (Å²) in [5, 5.41) is 4.49. The minimum Gasteiger partial charge on any atom is -0.497 e. The van der Waals surface area contributed by atoms with E-state index >= 15 is 0 Å². The van der Waals surface area contributed by atoms with Gasteiger partial charge in [0.25, 0.3) is 0 Å². The van der Waals surface area contributed by atoms with E-state index in [2.05, 4.69) is 22.4 Å². The van der Waals surface area contributed by atoms with Crippen LogP contribution in [0.2, 0.25) is 0 Å². The van der Waals surface area contributed by atoms with Crippen LogP contribution in [0.5, 0.6) is 5.75 Å². The van der Waals surface area contributed by atoms with E-state index in [-0.39, 0.29) is 11.2 Å². The first-order valence-electron chi connectivity index (χ1n) is 8.80. The maximum absolute atomic E-state index is 13.3. The summed E-state index contributed by atoms with van der Waals surface area (Å²) in [6.45, 7) is 1.89. The van der Waals surface area contributed by atoms with Crippen molar-refractivity contribution in [2.24, 2.45) is 0 Å². The van der Waals surface area contributed by atoms with Gasteiger partial charge in [0, 0.05) is 27.6 Å². The van der Waals surface area contributed by atoms with Crippen molar-refractivity contribution in [3.8, 4) is 5.75 Å². The predicted octanol–water partition coefficient (Wildman–Crippen LogP) is 3.39. The lowest BCUT2D eigenvalue weighted by Gasteiger charge is -2.42. The first-order chi connectivity index (χ1) is 12.2. The third-order valence-electron chi connectivity index (χ3n) is 5.86. The molecule has 2 aromatic carbocycles. The third kappa shape index (κ3) is 1.89. The normalized spacial score (nSPS) is 18.2. The number of hydrogen-bond donors (Lipinski definition) is 2. The van der Waals surface area contributed by atoms with Gasteiger partial charge in [-0.1, -0.05) is 18.2 Å². The number of nitrogens with one attached hydrogen (secondary N) is 2. The van der Waals surface area contributed by atoms with Crippen LogP contribution < -0.4 is 10.1 Å². The largest absolute Gasteiger partial charge is 0.497 e. The number of ketones is 1. The minimum absolute atomic E-state index is 0.120. The number of fused-ring (bicyclic) bond motifs is 6. The molecule has 126 valence electrons. The summed E-state index contributed by atoms with van der Waals surface area (Å²) in [6.07, 6.45) is 1.94. The number of rotatable bonds is 1. The highest BCUT2D eigenvalue weighted by Crippen LogP contribution is 2.49. The van der Waals surface area contributed by atoms with Crippen molar-refractivity contribution in [2.75, 3.05) is 20.2 Å². The second-order valence-electron chi connectivity index (χ2n) is 6.99. The van der Waals surface area contributed by atoms with Gasteiger partial charge in [0.2, 0.25) is 0 Å². The molecule has 2 N–H and O–H groups in total. The summed E-state index contributed by atoms with van der Waals surface area (Å²) in [6, 6.07) is 14.0. The van der Waals surface area contributed by atoms with Crippen LogP contribution in [-0.4, -0.2) is 31.0 Å². The molecule has 1 aliphatic heterocycles. The first-order valence-corrected chi connectivity index (χ1v) is 8.80. The first kappa shape index (κ1) is 14.7. The van der Waals surface area contributed by atoms with Crippen molar-refractivity contribution in [3.05, 3.63) is 64.8 Å². The number of carbonyl (C=O) groups is 1. The summed E-state index contributed by atoms with van der Waals surface area (Å²) < 4.78 is 5.46. The highest BCUT2D eigenvalue weighted by molar-refractivity contribution is 6.20. The number of para-hydroxylation sites is 1. The highest BCUT2D eigenvalue weighted by Gasteiger charge is 2.46. The van der Waals surface area contributed by atoms with Crippen molar-refractivity contribution in [1.82, 2.24) is 10.3 Å². The molecule has 5 rings (SSSR count). The minimum atomic E-state index is -0.155. The van der Waals surface area contributed by atoms with E-state index in [0.717, 1.165) is 65.0 Å². The molecular weight excluding hydrogens is 312 g/mol. The molecule has 0 amide bonds. The van der Waals surface area contributed by atoms with Crippen LogP contribution in [0.1, 0.15) is 40.0 Å².